The van der Waals surface area contributed by atoms with Gasteiger partial charge in [-0.25, -0.2) is 12.8 Å². The number of carbonyl (C=O) groups is 1. The molecule has 0 spiro atoms. The number of hydrogen-bond acceptors (Lipinski definition) is 5. The number of halogens is 2. The van der Waals surface area contributed by atoms with Crippen LogP contribution in [0.3, 0.4) is 0 Å². The number of anilines is 1. The Morgan fingerprint density at radius 2 is 1.82 bits per heavy atom. The number of fused-ring (bicyclic) bond motifs is 1. The predicted molar refractivity (Wildman–Crippen MR) is 151 cm³/mol. The zero-order valence-electron chi connectivity index (χ0n) is 21.5. The highest BCUT2D eigenvalue weighted by Crippen LogP contribution is 2.28. The smallest absolute Gasteiger partial charge is 0.264 e. The molecule has 1 fully saturated rings. The molecule has 2 heterocycles. The van der Waals surface area contributed by atoms with Crippen molar-refractivity contribution in [2.24, 2.45) is 0 Å². The molecule has 5 rings (SSSR count). The molecule has 202 valence electrons. The molecule has 1 saturated heterocycles. The number of amides is 1. The SMILES string of the molecule is CC(c1ccc(Cl)cc1F)N1CCN(C(=O)c2ccc(NS(=O)(=O)c3cccc4cccnc34)cc2)[C@H](C)C1. The topological polar surface area (TPSA) is 82.6 Å². The van der Waals surface area contributed by atoms with Gasteiger partial charge in [-0.1, -0.05) is 35.9 Å². The molecular weight excluding hydrogens is 539 g/mol. The van der Waals surface area contributed by atoms with Crippen LogP contribution in [0.4, 0.5) is 10.1 Å². The van der Waals surface area contributed by atoms with Gasteiger partial charge in [0.15, 0.2) is 0 Å². The second kappa shape index (κ2) is 10.9. The maximum atomic E-state index is 14.5. The molecule has 1 aliphatic rings. The summed E-state index contributed by atoms with van der Waals surface area (Å²) in [5, 5.41) is 1.08. The number of hydrogen-bond donors (Lipinski definition) is 1. The van der Waals surface area contributed by atoms with E-state index in [4.69, 9.17) is 11.6 Å². The van der Waals surface area contributed by atoms with Crippen molar-refractivity contribution in [1.29, 1.82) is 0 Å². The lowest BCUT2D eigenvalue weighted by atomic mass is 10.0. The molecule has 10 heteroatoms. The standard InChI is InChI=1S/C29H28ClFN4O3S/c1-19-18-34(20(2)25-13-10-23(30)17-26(25)31)15-16-35(19)29(36)22-8-11-24(12-9-22)33-39(37,38)27-7-3-5-21-6-4-14-32-28(21)27/h3-14,17,19-20,33H,15-16,18H2,1-2H3/t19-,20?/m1/s1. The molecule has 7 nitrogen and oxygen atoms in total. The van der Waals surface area contributed by atoms with Crippen molar-refractivity contribution in [2.75, 3.05) is 24.4 Å². The summed E-state index contributed by atoms with van der Waals surface area (Å²) < 4.78 is 43.2. The van der Waals surface area contributed by atoms with Crippen molar-refractivity contribution in [3.63, 3.8) is 0 Å². The van der Waals surface area contributed by atoms with Gasteiger partial charge >= 0.3 is 0 Å². The van der Waals surface area contributed by atoms with Crippen LogP contribution >= 0.6 is 11.6 Å². The molecule has 3 aromatic carbocycles. The first-order valence-corrected chi connectivity index (χ1v) is 14.5. The van der Waals surface area contributed by atoms with Gasteiger partial charge in [-0.2, -0.15) is 0 Å². The number of carbonyl (C=O) groups excluding carboxylic acids is 1. The molecule has 0 radical (unpaired) electrons. The first-order valence-electron chi connectivity index (χ1n) is 12.6. The summed E-state index contributed by atoms with van der Waals surface area (Å²) in [5.74, 6) is -0.478. The molecule has 1 N–H and O–H groups in total. The van der Waals surface area contributed by atoms with E-state index in [-0.39, 0.29) is 28.7 Å². The van der Waals surface area contributed by atoms with Gasteiger partial charge in [-0.15, -0.1) is 0 Å². The number of rotatable bonds is 6. The molecular formula is C29H28ClFN4O3S. The Bertz CT molecular complexity index is 1630. The van der Waals surface area contributed by atoms with Gasteiger partial charge in [0.25, 0.3) is 15.9 Å². The zero-order valence-corrected chi connectivity index (χ0v) is 23.1. The summed E-state index contributed by atoms with van der Waals surface area (Å²) >= 11 is 5.90. The third kappa shape index (κ3) is 5.61. The summed E-state index contributed by atoms with van der Waals surface area (Å²) in [5.41, 5.74) is 1.77. The van der Waals surface area contributed by atoms with Crippen LogP contribution in [0.5, 0.6) is 0 Å². The van der Waals surface area contributed by atoms with Crippen LogP contribution in [0.2, 0.25) is 5.02 Å². The van der Waals surface area contributed by atoms with Crippen molar-refractivity contribution in [3.8, 4) is 0 Å². The molecule has 4 aromatic rings. The highest BCUT2D eigenvalue weighted by Gasteiger charge is 2.31. The van der Waals surface area contributed by atoms with E-state index in [0.717, 1.165) is 5.39 Å². The lowest BCUT2D eigenvalue weighted by Crippen LogP contribution is -2.54. The van der Waals surface area contributed by atoms with Crippen LogP contribution in [0.15, 0.2) is 83.9 Å². The molecule has 1 unspecified atom stereocenters. The molecule has 0 bridgehead atoms. The Balaban J connectivity index is 1.26. The summed E-state index contributed by atoms with van der Waals surface area (Å²) in [6, 6.07) is 19.4. The number of piperazine rings is 1. The third-order valence-corrected chi connectivity index (χ3v) is 8.80. The minimum atomic E-state index is -3.89. The number of nitrogens with zero attached hydrogens (tertiary/aromatic N) is 3. The summed E-state index contributed by atoms with van der Waals surface area (Å²) in [7, 11) is -3.89. The quantitative estimate of drug-likeness (QED) is 0.322. The van der Waals surface area contributed by atoms with Crippen molar-refractivity contribution in [2.45, 2.75) is 30.8 Å². The van der Waals surface area contributed by atoms with E-state index in [1.54, 1.807) is 71.8 Å². The van der Waals surface area contributed by atoms with Crippen molar-refractivity contribution < 1.29 is 17.6 Å². The van der Waals surface area contributed by atoms with Crippen LogP contribution in [-0.4, -0.2) is 54.8 Å². The Morgan fingerprint density at radius 3 is 2.54 bits per heavy atom. The first kappa shape index (κ1) is 27.1. The van der Waals surface area contributed by atoms with Crippen LogP contribution in [0.25, 0.3) is 10.9 Å². The number of para-hydroxylation sites is 1. The molecule has 39 heavy (non-hydrogen) atoms. The highest BCUT2D eigenvalue weighted by molar-refractivity contribution is 7.93. The number of aromatic nitrogens is 1. The fourth-order valence-corrected chi connectivity index (χ4v) is 6.42. The molecule has 1 aromatic heterocycles. The fraction of sp³-hybridized carbons (Fsp3) is 0.241. The lowest BCUT2D eigenvalue weighted by molar-refractivity contribution is 0.0402. The van der Waals surface area contributed by atoms with E-state index in [1.807, 2.05) is 13.8 Å². The Labute approximate surface area is 232 Å². The fourth-order valence-electron chi connectivity index (χ4n) is 5.03. The van der Waals surface area contributed by atoms with Gasteiger partial charge in [-0.05, 0) is 62.4 Å². The van der Waals surface area contributed by atoms with Crippen LogP contribution < -0.4 is 4.72 Å². The maximum Gasteiger partial charge on any atom is 0.264 e. The molecule has 1 aliphatic heterocycles. The average molecular weight is 567 g/mol. The zero-order chi connectivity index (χ0) is 27.7. The number of pyridine rings is 1. The summed E-state index contributed by atoms with van der Waals surface area (Å²) in [4.78, 5) is 21.6. The van der Waals surface area contributed by atoms with Crippen LogP contribution in [0.1, 0.15) is 35.8 Å². The van der Waals surface area contributed by atoms with Crippen molar-refractivity contribution >= 4 is 44.1 Å². The van der Waals surface area contributed by atoms with Gasteiger partial charge in [0.2, 0.25) is 0 Å². The maximum absolute atomic E-state index is 14.5. The minimum Gasteiger partial charge on any atom is -0.333 e. The van der Waals surface area contributed by atoms with Crippen molar-refractivity contribution in [1.82, 2.24) is 14.8 Å². The highest BCUT2D eigenvalue weighted by atomic mass is 35.5. The van der Waals surface area contributed by atoms with E-state index in [9.17, 15) is 17.6 Å². The van der Waals surface area contributed by atoms with Crippen molar-refractivity contribution in [3.05, 3.63) is 101 Å². The van der Waals surface area contributed by atoms with E-state index in [1.165, 1.54) is 12.1 Å². The molecule has 0 saturated carbocycles. The Hall–Kier alpha value is -3.53. The van der Waals surface area contributed by atoms with Crippen LogP contribution in [0, 0.1) is 5.82 Å². The number of sulfonamides is 1. The molecule has 1 amide bonds. The van der Waals surface area contributed by atoms with Gasteiger partial charge in [-0.3, -0.25) is 19.4 Å². The van der Waals surface area contributed by atoms with E-state index in [2.05, 4.69) is 14.6 Å². The van der Waals surface area contributed by atoms with Gasteiger partial charge < -0.3 is 4.90 Å². The predicted octanol–water partition coefficient (Wildman–Crippen LogP) is 5.74. The first-order chi connectivity index (χ1) is 18.6. The van der Waals surface area contributed by atoms with E-state index in [0.29, 0.717) is 47.0 Å². The van der Waals surface area contributed by atoms with E-state index >= 15 is 0 Å². The lowest BCUT2D eigenvalue weighted by Gasteiger charge is -2.42. The normalized spacial score (nSPS) is 17.2. The van der Waals surface area contributed by atoms with Gasteiger partial charge in [0.1, 0.15) is 10.7 Å². The second-order valence-electron chi connectivity index (χ2n) is 9.70. The summed E-state index contributed by atoms with van der Waals surface area (Å²) in [6.07, 6.45) is 1.55. The third-order valence-electron chi connectivity index (χ3n) is 7.15. The average Bonchev–Trinajstić information content (AvgIpc) is 2.92. The molecule has 0 aliphatic carbocycles. The van der Waals surface area contributed by atoms with Gasteiger partial charge in [0.05, 0.1) is 5.52 Å². The monoisotopic (exact) mass is 566 g/mol. The summed E-state index contributed by atoms with van der Waals surface area (Å²) in [6.45, 7) is 5.59. The molecule has 2 atom stereocenters. The second-order valence-corrected chi connectivity index (χ2v) is 11.8. The van der Waals surface area contributed by atoms with Crippen LogP contribution in [-0.2, 0) is 10.0 Å². The Kier molecular flexibility index (Phi) is 7.57. The minimum absolute atomic E-state index is 0.0835. The largest absolute Gasteiger partial charge is 0.333 e. The number of nitrogens with one attached hydrogen (secondary N) is 1. The Morgan fingerprint density at radius 1 is 1.08 bits per heavy atom. The number of benzene rings is 3. The van der Waals surface area contributed by atoms with Gasteiger partial charge in [0, 0.05) is 65.1 Å². The van der Waals surface area contributed by atoms with E-state index < -0.39 is 10.0 Å².